The molecular formula is C38H33N7O9S2. The minimum atomic E-state index is -4.84. The molecule has 0 aliphatic rings. The van der Waals surface area contributed by atoms with Crippen LogP contribution in [0.25, 0.3) is 10.8 Å². The highest BCUT2D eigenvalue weighted by Gasteiger charge is 2.23. The first kappa shape index (κ1) is 39.1. The Balaban J connectivity index is 1.25. The van der Waals surface area contributed by atoms with Gasteiger partial charge in [0, 0.05) is 28.9 Å². The Kier molecular flexibility index (Phi) is 11.2. The van der Waals surface area contributed by atoms with E-state index in [9.17, 15) is 26.5 Å². The van der Waals surface area contributed by atoms with Crippen LogP contribution in [-0.4, -0.2) is 45.3 Å². The van der Waals surface area contributed by atoms with E-state index in [1.807, 2.05) is 31.2 Å². The number of ether oxygens (including phenoxy) is 2. The molecule has 0 radical (unpaired) electrons. The maximum atomic E-state index is 12.6. The fourth-order valence-electron chi connectivity index (χ4n) is 5.41. The highest BCUT2D eigenvalue weighted by Crippen LogP contribution is 2.45. The minimum Gasteiger partial charge on any atom is -0.506 e. The van der Waals surface area contributed by atoms with Gasteiger partial charge in [0.25, 0.3) is 20.2 Å². The van der Waals surface area contributed by atoms with Crippen LogP contribution in [0.3, 0.4) is 0 Å². The number of methoxy groups -OCH3 is 2. The second-order valence-corrected chi connectivity index (χ2v) is 15.0. The van der Waals surface area contributed by atoms with Gasteiger partial charge in [-0.3, -0.25) is 9.11 Å². The van der Waals surface area contributed by atoms with E-state index in [0.29, 0.717) is 39.1 Å². The average Bonchev–Trinajstić information content (AvgIpc) is 3.16. The van der Waals surface area contributed by atoms with Crippen molar-refractivity contribution in [1.29, 1.82) is 0 Å². The number of nitrogens with one attached hydrogen (secondary N) is 1. The lowest BCUT2D eigenvalue weighted by Crippen LogP contribution is -2.01. The van der Waals surface area contributed by atoms with Crippen LogP contribution in [0.15, 0.2) is 144 Å². The molecule has 0 saturated carbocycles. The van der Waals surface area contributed by atoms with Crippen LogP contribution in [0.2, 0.25) is 0 Å². The first-order chi connectivity index (χ1) is 26.6. The van der Waals surface area contributed by atoms with E-state index in [-0.39, 0.29) is 39.2 Å². The zero-order valence-corrected chi connectivity index (χ0v) is 31.7. The highest BCUT2D eigenvalue weighted by atomic mass is 32.2. The molecule has 0 heterocycles. The van der Waals surface area contributed by atoms with Gasteiger partial charge in [0.2, 0.25) is 0 Å². The highest BCUT2D eigenvalue weighted by molar-refractivity contribution is 7.86. The number of rotatable bonds is 12. The number of aryl methyl sites for hydroxylation is 2. The molecule has 0 unspecified atom stereocenters. The lowest BCUT2D eigenvalue weighted by molar-refractivity contribution is 0.413. The molecule has 6 rings (SSSR count). The molecule has 0 spiro atoms. The zero-order chi connectivity index (χ0) is 40.2. The van der Waals surface area contributed by atoms with Gasteiger partial charge in [-0.2, -0.15) is 32.2 Å². The Labute approximate surface area is 321 Å². The number of azo groups is 3. The van der Waals surface area contributed by atoms with Crippen molar-refractivity contribution in [2.75, 3.05) is 19.5 Å². The van der Waals surface area contributed by atoms with Crippen LogP contribution < -0.4 is 14.8 Å². The van der Waals surface area contributed by atoms with Crippen molar-refractivity contribution in [3.63, 3.8) is 0 Å². The van der Waals surface area contributed by atoms with E-state index in [1.165, 1.54) is 56.7 Å². The summed E-state index contributed by atoms with van der Waals surface area (Å²) in [7, 11) is -6.46. The summed E-state index contributed by atoms with van der Waals surface area (Å²) in [6.07, 6.45) is 0. The summed E-state index contributed by atoms with van der Waals surface area (Å²) < 4.78 is 78.1. The normalized spacial score (nSPS) is 12.2. The topological polar surface area (TPSA) is 234 Å². The molecule has 0 aromatic heterocycles. The summed E-state index contributed by atoms with van der Waals surface area (Å²) in [6.45, 7) is 3.75. The van der Waals surface area contributed by atoms with Crippen LogP contribution in [0, 0.1) is 13.8 Å². The largest absolute Gasteiger partial charge is 0.506 e. The van der Waals surface area contributed by atoms with E-state index in [2.05, 4.69) is 36.0 Å². The van der Waals surface area contributed by atoms with E-state index in [1.54, 1.807) is 43.3 Å². The molecule has 16 nitrogen and oxygen atoms in total. The number of phenols is 1. The smallest absolute Gasteiger partial charge is 0.296 e. The first-order valence-corrected chi connectivity index (χ1v) is 19.3. The Morgan fingerprint density at radius 3 is 1.88 bits per heavy atom. The molecule has 286 valence electrons. The van der Waals surface area contributed by atoms with E-state index in [0.717, 1.165) is 11.3 Å². The number of nitrogens with zero attached hydrogens (tertiary/aromatic N) is 6. The second kappa shape index (κ2) is 16.0. The molecule has 0 aliphatic heterocycles. The monoisotopic (exact) mass is 795 g/mol. The maximum absolute atomic E-state index is 12.6. The van der Waals surface area contributed by atoms with E-state index in [4.69, 9.17) is 14.0 Å². The van der Waals surface area contributed by atoms with Crippen molar-refractivity contribution < 1.29 is 40.5 Å². The molecule has 0 fully saturated rings. The van der Waals surface area contributed by atoms with Crippen molar-refractivity contribution >= 4 is 76.5 Å². The zero-order valence-electron chi connectivity index (χ0n) is 30.1. The number of hydrogen-bond donors (Lipinski definition) is 4. The summed E-state index contributed by atoms with van der Waals surface area (Å²) in [6, 6.07) is 27.0. The number of benzene rings is 6. The van der Waals surface area contributed by atoms with Gasteiger partial charge in [-0.25, -0.2) is 0 Å². The average molecular weight is 796 g/mol. The number of fused-ring (bicyclic) bond motifs is 1. The SMILES string of the molecule is COc1cc(N=Nc2c(S(=O)(=O)O)cc3cc(Nc4ccc(C)cc4)ccc3c2OC)c(O)cc1N=Nc1ccc(N=Nc2ccc(S(=O)(=O)O)cc2)c(C)c1. The lowest BCUT2D eigenvalue weighted by Gasteiger charge is -2.14. The second-order valence-electron chi connectivity index (χ2n) is 12.2. The molecule has 18 heteroatoms. The van der Waals surface area contributed by atoms with Gasteiger partial charge < -0.3 is 19.9 Å². The van der Waals surface area contributed by atoms with Crippen molar-refractivity contribution in [2.45, 2.75) is 23.6 Å². The van der Waals surface area contributed by atoms with Gasteiger partial charge in [0.1, 0.15) is 33.5 Å². The Morgan fingerprint density at radius 1 is 0.589 bits per heavy atom. The van der Waals surface area contributed by atoms with Crippen LogP contribution >= 0.6 is 0 Å². The van der Waals surface area contributed by atoms with Crippen molar-refractivity contribution in [2.24, 2.45) is 30.7 Å². The quantitative estimate of drug-likeness (QED) is 0.0675. The molecule has 0 aliphatic carbocycles. The number of phenolic OH excluding ortho intramolecular Hbond substituents is 1. The van der Waals surface area contributed by atoms with E-state index < -0.39 is 25.1 Å². The van der Waals surface area contributed by atoms with Gasteiger partial charge in [0.15, 0.2) is 5.75 Å². The number of aromatic hydroxyl groups is 1. The van der Waals surface area contributed by atoms with Crippen LogP contribution in [0.1, 0.15) is 11.1 Å². The maximum Gasteiger partial charge on any atom is 0.296 e. The summed E-state index contributed by atoms with van der Waals surface area (Å²) in [4.78, 5) is -0.823. The number of anilines is 2. The molecule has 6 aromatic carbocycles. The third kappa shape index (κ3) is 9.01. The molecular weight excluding hydrogens is 763 g/mol. The Bertz CT molecular complexity index is 2780. The van der Waals surface area contributed by atoms with E-state index >= 15 is 0 Å². The lowest BCUT2D eigenvalue weighted by atomic mass is 10.1. The molecule has 4 N–H and O–H groups in total. The molecule has 56 heavy (non-hydrogen) atoms. The number of hydrogen-bond acceptors (Lipinski definition) is 14. The molecule has 0 atom stereocenters. The van der Waals surface area contributed by atoms with Gasteiger partial charge >= 0.3 is 0 Å². The predicted molar refractivity (Wildman–Crippen MR) is 209 cm³/mol. The third-order valence-corrected chi connectivity index (χ3v) is 9.98. The van der Waals surface area contributed by atoms with Crippen LogP contribution in [-0.2, 0) is 20.2 Å². The summed E-state index contributed by atoms with van der Waals surface area (Å²) >= 11 is 0. The van der Waals surface area contributed by atoms with Crippen molar-refractivity contribution in [3.05, 3.63) is 114 Å². The molecule has 0 saturated heterocycles. The Hall–Kier alpha value is -6.60. The summed E-state index contributed by atoms with van der Waals surface area (Å²) in [5, 5.41) is 40.0. The fraction of sp³-hybridized carbons (Fsp3) is 0.105. The van der Waals surface area contributed by atoms with Crippen molar-refractivity contribution in [1.82, 2.24) is 0 Å². The van der Waals surface area contributed by atoms with Crippen LogP contribution in [0.4, 0.5) is 45.5 Å². The van der Waals surface area contributed by atoms with Crippen LogP contribution in [0.5, 0.6) is 17.2 Å². The van der Waals surface area contributed by atoms with Gasteiger partial charge in [-0.1, -0.05) is 17.7 Å². The molecule has 0 amide bonds. The molecule has 6 aromatic rings. The summed E-state index contributed by atoms with van der Waals surface area (Å²) in [5.41, 5.74) is 4.31. The van der Waals surface area contributed by atoms with Gasteiger partial charge in [-0.05, 0) is 104 Å². The van der Waals surface area contributed by atoms with Gasteiger partial charge in [0.05, 0.1) is 36.2 Å². The Morgan fingerprint density at radius 2 is 1.23 bits per heavy atom. The fourth-order valence-corrected chi connectivity index (χ4v) is 6.55. The molecule has 0 bridgehead atoms. The third-order valence-electron chi connectivity index (χ3n) is 8.25. The first-order valence-electron chi connectivity index (χ1n) is 16.4. The summed E-state index contributed by atoms with van der Waals surface area (Å²) in [5.74, 6) is -0.216. The predicted octanol–water partition coefficient (Wildman–Crippen LogP) is 10.7. The van der Waals surface area contributed by atoms with Crippen molar-refractivity contribution in [3.8, 4) is 17.2 Å². The standard InChI is InChI=1S/C38H33N7O9S2/c1-22-5-7-25(8-6-22)39-27-11-15-30-24(18-27)19-36(56(50,51)52)37(38(30)54-4)45-43-32-21-35(53-3)33(20-34(32)46)44-41-28-12-16-31(23(2)17-28)42-40-26-9-13-29(14-10-26)55(47,48)49/h5-21,39,46H,1-4H3,(H,47,48,49)(H,50,51,52). The minimum absolute atomic E-state index is 0.0229. The van der Waals surface area contributed by atoms with Gasteiger partial charge in [-0.15, -0.1) is 15.3 Å².